The SMILES string of the molecule is CC(CC(=O)N1CCCC(CCO)C1)CC(C)(C)C. The fourth-order valence-electron chi connectivity index (χ4n) is 3.25. The molecule has 0 radical (unpaired) electrons. The van der Waals surface area contributed by atoms with Gasteiger partial charge >= 0.3 is 0 Å². The molecule has 1 N–H and O–H groups in total. The molecule has 0 aromatic rings. The highest BCUT2D eigenvalue weighted by molar-refractivity contribution is 5.76. The van der Waals surface area contributed by atoms with Crippen LogP contribution in [0.15, 0.2) is 0 Å². The fraction of sp³-hybridized carbons (Fsp3) is 0.938. The minimum absolute atomic E-state index is 0.243. The zero-order valence-electron chi connectivity index (χ0n) is 13.1. The van der Waals surface area contributed by atoms with Gasteiger partial charge in [0.05, 0.1) is 0 Å². The molecule has 2 unspecified atom stereocenters. The van der Waals surface area contributed by atoms with Crippen molar-refractivity contribution in [3.8, 4) is 0 Å². The van der Waals surface area contributed by atoms with E-state index in [1.165, 1.54) is 0 Å². The van der Waals surface area contributed by atoms with E-state index in [0.717, 1.165) is 38.8 Å². The van der Waals surface area contributed by atoms with Gasteiger partial charge in [-0.1, -0.05) is 27.7 Å². The molecule has 0 aromatic heterocycles. The highest BCUT2D eigenvalue weighted by Crippen LogP contribution is 2.27. The molecule has 1 amide bonds. The van der Waals surface area contributed by atoms with Gasteiger partial charge in [0.2, 0.25) is 5.91 Å². The summed E-state index contributed by atoms with van der Waals surface area (Å²) in [5.41, 5.74) is 0.293. The summed E-state index contributed by atoms with van der Waals surface area (Å²) in [5, 5.41) is 9.01. The number of piperidine rings is 1. The summed E-state index contributed by atoms with van der Waals surface area (Å²) in [7, 11) is 0. The van der Waals surface area contributed by atoms with E-state index in [9.17, 15) is 4.79 Å². The Morgan fingerprint density at radius 2 is 2.11 bits per heavy atom. The number of amides is 1. The molecule has 2 atom stereocenters. The molecule has 0 spiro atoms. The molecular weight excluding hydrogens is 238 g/mol. The van der Waals surface area contributed by atoms with Crippen LogP contribution >= 0.6 is 0 Å². The molecule has 1 aliphatic rings. The maximum atomic E-state index is 12.3. The van der Waals surface area contributed by atoms with Gasteiger partial charge in [-0.3, -0.25) is 4.79 Å². The normalized spacial score (nSPS) is 22.4. The second kappa shape index (κ2) is 7.28. The van der Waals surface area contributed by atoms with Crippen LogP contribution in [0.3, 0.4) is 0 Å². The summed E-state index contributed by atoms with van der Waals surface area (Å²) in [6.07, 6.45) is 4.84. The van der Waals surface area contributed by atoms with Crippen molar-refractivity contribution in [2.24, 2.45) is 17.3 Å². The molecule has 3 nitrogen and oxygen atoms in total. The number of hydrogen-bond donors (Lipinski definition) is 1. The van der Waals surface area contributed by atoms with Gasteiger partial charge in [0.15, 0.2) is 0 Å². The Kier molecular flexibility index (Phi) is 6.31. The van der Waals surface area contributed by atoms with Crippen LogP contribution < -0.4 is 0 Å². The van der Waals surface area contributed by atoms with E-state index < -0.39 is 0 Å². The Bertz CT molecular complexity index is 281. The Hall–Kier alpha value is -0.570. The molecule has 1 heterocycles. The maximum Gasteiger partial charge on any atom is 0.222 e. The number of rotatable bonds is 5. The van der Waals surface area contributed by atoms with E-state index in [1.54, 1.807) is 0 Å². The van der Waals surface area contributed by atoms with Crippen LogP contribution in [0.5, 0.6) is 0 Å². The van der Waals surface area contributed by atoms with Gasteiger partial charge in [-0.05, 0) is 42.9 Å². The zero-order chi connectivity index (χ0) is 14.5. The predicted molar refractivity (Wildman–Crippen MR) is 78.9 cm³/mol. The van der Waals surface area contributed by atoms with E-state index in [1.807, 2.05) is 4.90 Å². The van der Waals surface area contributed by atoms with Crippen LogP contribution in [0.25, 0.3) is 0 Å². The maximum absolute atomic E-state index is 12.3. The first-order chi connectivity index (χ1) is 8.81. The second-order valence-electron chi connectivity index (χ2n) is 7.43. The molecular formula is C16H31NO2. The third-order valence-electron chi connectivity index (χ3n) is 3.89. The van der Waals surface area contributed by atoms with Gasteiger partial charge in [-0.25, -0.2) is 0 Å². The Morgan fingerprint density at radius 3 is 2.68 bits per heavy atom. The topological polar surface area (TPSA) is 40.5 Å². The van der Waals surface area contributed by atoms with E-state index in [0.29, 0.717) is 29.6 Å². The number of likely N-dealkylation sites (tertiary alicyclic amines) is 1. The van der Waals surface area contributed by atoms with Crippen LogP contribution in [0.1, 0.15) is 59.8 Å². The average molecular weight is 269 g/mol. The minimum Gasteiger partial charge on any atom is -0.396 e. The number of carbonyl (C=O) groups is 1. The lowest BCUT2D eigenvalue weighted by Crippen LogP contribution is -2.40. The molecule has 19 heavy (non-hydrogen) atoms. The smallest absolute Gasteiger partial charge is 0.222 e. The number of aliphatic hydroxyl groups is 1. The Labute approximate surface area is 118 Å². The van der Waals surface area contributed by atoms with Crippen molar-refractivity contribution in [2.45, 2.75) is 59.8 Å². The molecule has 0 aromatic carbocycles. The highest BCUT2D eigenvalue weighted by atomic mass is 16.3. The van der Waals surface area contributed by atoms with Crippen LogP contribution in [0.4, 0.5) is 0 Å². The van der Waals surface area contributed by atoms with Crippen LogP contribution in [0, 0.1) is 17.3 Å². The monoisotopic (exact) mass is 269 g/mol. The molecule has 0 aliphatic carbocycles. The summed E-state index contributed by atoms with van der Waals surface area (Å²) < 4.78 is 0. The summed E-state index contributed by atoms with van der Waals surface area (Å²) in [6, 6.07) is 0. The summed E-state index contributed by atoms with van der Waals surface area (Å²) in [6.45, 7) is 10.9. The van der Waals surface area contributed by atoms with Crippen molar-refractivity contribution in [3.63, 3.8) is 0 Å². The van der Waals surface area contributed by atoms with Crippen molar-refractivity contribution in [1.29, 1.82) is 0 Å². The van der Waals surface area contributed by atoms with Crippen LogP contribution in [-0.4, -0.2) is 35.6 Å². The van der Waals surface area contributed by atoms with Crippen LogP contribution in [0.2, 0.25) is 0 Å². The fourth-order valence-corrected chi connectivity index (χ4v) is 3.25. The van der Waals surface area contributed by atoms with E-state index >= 15 is 0 Å². The van der Waals surface area contributed by atoms with Crippen molar-refractivity contribution in [3.05, 3.63) is 0 Å². The summed E-state index contributed by atoms with van der Waals surface area (Å²) in [5.74, 6) is 1.26. The molecule has 0 saturated carbocycles. The van der Waals surface area contributed by atoms with Crippen molar-refractivity contribution in [1.82, 2.24) is 4.90 Å². The average Bonchev–Trinajstić information content (AvgIpc) is 2.27. The Balaban J connectivity index is 2.40. The van der Waals surface area contributed by atoms with Gasteiger partial charge < -0.3 is 10.0 Å². The number of carbonyl (C=O) groups excluding carboxylic acids is 1. The predicted octanol–water partition coefficient (Wildman–Crippen LogP) is 3.07. The van der Waals surface area contributed by atoms with E-state index in [2.05, 4.69) is 27.7 Å². The first kappa shape index (κ1) is 16.5. The standard InChI is InChI=1S/C16H31NO2/c1-13(11-16(2,3)4)10-15(19)17-8-5-6-14(12-17)7-9-18/h13-14,18H,5-12H2,1-4H3. The van der Waals surface area contributed by atoms with E-state index in [4.69, 9.17) is 5.11 Å². The van der Waals surface area contributed by atoms with Gasteiger partial charge in [-0.2, -0.15) is 0 Å². The van der Waals surface area contributed by atoms with Crippen molar-refractivity contribution < 1.29 is 9.90 Å². The third kappa shape index (κ3) is 6.42. The number of aliphatic hydroxyl groups excluding tert-OH is 1. The zero-order valence-corrected chi connectivity index (χ0v) is 13.1. The van der Waals surface area contributed by atoms with Gasteiger partial charge in [0, 0.05) is 26.1 Å². The van der Waals surface area contributed by atoms with Crippen molar-refractivity contribution in [2.75, 3.05) is 19.7 Å². The molecule has 1 saturated heterocycles. The molecule has 112 valence electrons. The lowest BCUT2D eigenvalue weighted by atomic mass is 9.84. The number of hydrogen-bond acceptors (Lipinski definition) is 2. The van der Waals surface area contributed by atoms with Gasteiger partial charge in [0.25, 0.3) is 0 Å². The number of nitrogens with zero attached hydrogens (tertiary/aromatic N) is 1. The molecule has 1 fully saturated rings. The van der Waals surface area contributed by atoms with E-state index in [-0.39, 0.29) is 6.61 Å². The molecule has 3 heteroatoms. The first-order valence-electron chi connectivity index (χ1n) is 7.70. The summed E-state index contributed by atoms with van der Waals surface area (Å²) in [4.78, 5) is 14.3. The molecule has 1 aliphatic heterocycles. The second-order valence-corrected chi connectivity index (χ2v) is 7.43. The largest absolute Gasteiger partial charge is 0.396 e. The van der Waals surface area contributed by atoms with Gasteiger partial charge in [0.1, 0.15) is 0 Å². The first-order valence-corrected chi connectivity index (χ1v) is 7.70. The molecule has 0 bridgehead atoms. The van der Waals surface area contributed by atoms with Crippen LogP contribution in [-0.2, 0) is 4.79 Å². The van der Waals surface area contributed by atoms with Gasteiger partial charge in [-0.15, -0.1) is 0 Å². The quantitative estimate of drug-likeness (QED) is 0.833. The summed E-state index contributed by atoms with van der Waals surface area (Å²) >= 11 is 0. The van der Waals surface area contributed by atoms with Crippen molar-refractivity contribution >= 4 is 5.91 Å². The Morgan fingerprint density at radius 1 is 1.42 bits per heavy atom. The third-order valence-corrected chi connectivity index (χ3v) is 3.89. The highest BCUT2D eigenvalue weighted by Gasteiger charge is 2.25. The minimum atomic E-state index is 0.243. The lowest BCUT2D eigenvalue weighted by molar-refractivity contribution is -0.134. The lowest BCUT2D eigenvalue weighted by Gasteiger charge is -2.33. The molecule has 1 rings (SSSR count).